The van der Waals surface area contributed by atoms with Gasteiger partial charge < -0.3 is 9.47 Å². The van der Waals surface area contributed by atoms with Crippen LogP contribution in [0.25, 0.3) is 48.0 Å². The first-order valence-corrected chi connectivity index (χ1v) is 20.3. The predicted octanol–water partition coefficient (Wildman–Crippen LogP) is 12.2. The van der Waals surface area contributed by atoms with Gasteiger partial charge in [-0.25, -0.2) is 0 Å². The highest BCUT2D eigenvalue weighted by Crippen LogP contribution is 2.49. The number of hydrogen-bond acceptors (Lipinski definition) is 2. The lowest BCUT2D eigenvalue weighted by atomic mass is 9.33. The van der Waals surface area contributed by atoms with Crippen molar-refractivity contribution in [2.75, 3.05) is 4.90 Å². The Bertz CT molecular complexity index is 2830. The summed E-state index contributed by atoms with van der Waals surface area (Å²) in [5.41, 5.74) is 18.4. The van der Waals surface area contributed by atoms with E-state index in [1.165, 1.54) is 98.2 Å². The van der Waals surface area contributed by atoms with Crippen molar-refractivity contribution < 1.29 is 0 Å². The molecule has 0 saturated heterocycles. The molecular formula is C50H47BN2S. The Labute approximate surface area is 324 Å². The fraction of sp³-hybridized carbons (Fsp3) is 0.240. The van der Waals surface area contributed by atoms with Crippen LogP contribution in [0.4, 0.5) is 17.1 Å². The third kappa shape index (κ3) is 4.78. The Morgan fingerprint density at radius 1 is 0.481 bits per heavy atom. The lowest BCUT2D eigenvalue weighted by molar-refractivity contribution is 0.589. The van der Waals surface area contributed by atoms with Crippen LogP contribution in [-0.2, 0) is 16.2 Å². The number of benzene rings is 6. The van der Waals surface area contributed by atoms with E-state index < -0.39 is 0 Å². The summed E-state index contributed by atoms with van der Waals surface area (Å²) in [5.74, 6) is 0. The summed E-state index contributed by atoms with van der Waals surface area (Å²) in [5, 5.41) is 2.69. The van der Waals surface area contributed by atoms with E-state index in [-0.39, 0.29) is 23.0 Å². The number of thiophene rings is 1. The molecule has 0 N–H and O–H groups in total. The van der Waals surface area contributed by atoms with Crippen molar-refractivity contribution in [3.05, 3.63) is 138 Å². The van der Waals surface area contributed by atoms with Crippen molar-refractivity contribution in [2.24, 2.45) is 0 Å². The van der Waals surface area contributed by atoms with Crippen molar-refractivity contribution in [1.29, 1.82) is 0 Å². The van der Waals surface area contributed by atoms with Crippen LogP contribution in [0.3, 0.4) is 0 Å². The van der Waals surface area contributed by atoms with E-state index in [9.17, 15) is 0 Å². The van der Waals surface area contributed by atoms with Gasteiger partial charge in [0, 0.05) is 38.1 Å². The predicted molar refractivity (Wildman–Crippen MR) is 237 cm³/mol. The molecule has 0 saturated carbocycles. The fourth-order valence-corrected chi connectivity index (χ4v) is 10.3. The van der Waals surface area contributed by atoms with E-state index in [1.54, 1.807) is 0 Å². The molecule has 0 spiro atoms. The molecule has 2 aliphatic rings. The van der Waals surface area contributed by atoms with Crippen LogP contribution in [0.2, 0.25) is 0 Å². The van der Waals surface area contributed by atoms with E-state index in [0.29, 0.717) is 0 Å². The summed E-state index contributed by atoms with van der Waals surface area (Å²) in [6.45, 7) is 21.2. The van der Waals surface area contributed by atoms with Gasteiger partial charge >= 0.3 is 0 Å². The second-order valence-corrected chi connectivity index (χ2v) is 19.7. The van der Waals surface area contributed by atoms with Crippen LogP contribution in [0.1, 0.15) is 79.0 Å². The van der Waals surface area contributed by atoms with Crippen LogP contribution in [-0.4, -0.2) is 11.3 Å². The summed E-state index contributed by atoms with van der Waals surface area (Å²) in [6, 6.07) is 46.7. The number of para-hydroxylation sites is 1. The van der Waals surface area contributed by atoms with Crippen molar-refractivity contribution in [2.45, 2.75) is 78.6 Å². The minimum Gasteiger partial charge on any atom is -0.311 e. The average molecular weight is 719 g/mol. The van der Waals surface area contributed by atoms with Crippen molar-refractivity contribution in [1.82, 2.24) is 4.57 Å². The van der Waals surface area contributed by atoms with E-state index in [1.807, 2.05) is 11.3 Å². The zero-order valence-electron chi connectivity index (χ0n) is 32.9. The molecule has 0 aliphatic carbocycles. The van der Waals surface area contributed by atoms with Gasteiger partial charge in [-0.3, -0.25) is 0 Å². The van der Waals surface area contributed by atoms with Gasteiger partial charge in [0.25, 0.3) is 6.71 Å². The van der Waals surface area contributed by atoms with Crippen molar-refractivity contribution in [3.63, 3.8) is 0 Å². The van der Waals surface area contributed by atoms with Crippen molar-refractivity contribution in [3.8, 4) is 16.8 Å². The molecule has 266 valence electrons. The third-order valence-corrected chi connectivity index (χ3v) is 13.2. The summed E-state index contributed by atoms with van der Waals surface area (Å²) in [7, 11) is 0. The average Bonchev–Trinajstić information content (AvgIpc) is 3.67. The van der Waals surface area contributed by atoms with Crippen LogP contribution in [0.5, 0.6) is 0 Å². The number of hydrogen-bond donors (Lipinski definition) is 0. The van der Waals surface area contributed by atoms with Gasteiger partial charge in [0.1, 0.15) is 0 Å². The highest BCUT2D eigenvalue weighted by atomic mass is 32.1. The Kier molecular flexibility index (Phi) is 6.98. The van der Waals surface area contributed by atoms with E-state index in [4.69, 9.17) is 0 Å². The van der Waals surface area contributed by atoms with Crippen LogP contribution >= 0.6 is 11.3 Å². The van der Waals surface area contributed by atoms with Crippen LogP contribution in [0.15, 0.2) is 121 Å². The SMILES string of the molecule is CC(C)(C)c1ccc(N2c3cc(C(C)(C)C)ccc3B3c4c2cc(C(C)(C)C)cc4-n2c4c3cccc4c3sc4ccccc4c32)c(-c2ccccc2)c1. The van der Waals surface area contributed by atoms with Gasteiger partial charge in [-0.05, 0) is 91.3 Å². The molecule has 0 bridgehead atoms. The molecule has 0 amide bonds. The molecule has 0 radical (unpaired) electrons. The summed E-state index contributed by atoms with van der Waals surface area (Å²) < 4.78 is 5.37. The molecule has 0 unspecified atom stereocenters. The largest absolute Gasteiger partial charge is 0.311 e. The number of anilines is 3. The maximum absolute atomic E-state index is 2.65. The number of nitrogens with zero attached hydrogens (tertiary/aromatic N) is 2. The van der Waals surface area contributed by atoms with Gasteiger partial charge in [-0.1, -0.05) is 147 Å². The van der Waals surface area contributed by atoms with Crippen LogP contribution < -0.4 is 21.3 Å². The van der Waals surface area contributed by atoms with Gasteiger partial charge in [-0.15, -0.1) is 11.3 Å². The first-order valence-electron chi connectivity index (χ1n) is 19.5. The van der Waals surface area contributed by atoms with E-state index in [0.717, 1.165) is 0 Å². The first kappa shape index (κ1) is 33.5. The third-order valence-electron chi connectivity index (χ3n) is 12.0. The molecule has 0 atom stereocenters. The van der Waals surface area contributed by atoms with Gasteiger partial charge in [0.2, 0.25) is 0 Å². The van der Waals surface area contributed by atoms with Gasteiger partial charge in [0.15, 0.2) is 0 Å². The molecule has 8 aromatic rings. The summed E-state index contributed by atoms with van der Waals surface area (Å²) in [6.07, 6.45) is 0. The lowest BCUT2D eigenvalue weighted by Crippen LogP contribution is -2.60. The Hall–Kier alpha value is -5.06. The van der Waals surface area contributed by atoms with Crippen molar-refractivity contribution >= 4 is 82.7 Å². The Morgan fingerprint density at radius 3 is 1.85 bits per heavy atom. The maximum atomic E-state index is 2.65. The molecule has 0 fully saturated rings. The normalized spacial score (nSPS) is 13.9. The number of rotatable bonds is 2. The van der Waals surface area contributed by atoms with Crippen LogP contribution in [0, 0.1) is 0 Å². The quantitative estimate of drug-likeness (QED) is 0.162. The molecule has 4 heterocycles. The zero-order chi connectivity index (χ0) is 37.5. The highest BCUT2D eigenvalue weighted by molar-refractivity contribution is 7.26. The standard InChI is InChI=1S/C50H47BN2S/c1-48(2,3)31-23-25-39(36(26-31)30-16-11-10-12-17-30)52-40-27-32(49(4,5)6)22-24-37(40)51-38-20-15-19-35-45(38)53(46-34-18-13-14-21-43(34)54-47(35)46)42-29-33(50(7,8)9)28-41(52)44(42)51/h10-29H,1-9H3. The molecule has 10 rings (SSSR count). The maximum Gasteiger partial charge on any atom is 0.252 e. The minimum atomic E-state index is -0.0718. The number of fused-ring (bicyclic) bond motifs is 9. The smallest absolute Gasteiger partial charge is 0.252 e. The highest BCUT2D eigenvalue weighted by Gasteiger charge is 2.44. The molecular weight excluding hydrogens is 671 g/mol. The van der Waals surface area contributed by atoms with E-state index >= 15 is 0 Å². The molecule has 4 heteroatoms. The summed E-state index contributed by atoms with van der Waals surface area (Å²) in [4.78, 5) is 2.64. The molecule has 2 aromatic heterocycles. The summed E-state index contributed by atoms with van der Waals surface area (Å²) >= 11 is 1.94. The number of aromatic nitrogens is 1. The molecule has 2 aliphatic heterocycles. The Morgan fingerprint density at radius 2 is 1.11 bits per heavy atom. The monoisotopic (exact) mass is 718 g/mol. The fourth-order valence-electron chi connectivity index (χ4n) is 9.10. The van der Waals surface area contributed by atoms with Gasteiger partial charge in [-0.2, -0.15) is 0 Å². The second-order valence-electron chi connectivity index (χ2n) is 18.7. The van der Waals surface area contributed by atoms with Gasteiger partial charge in [0.05, 0.1) is 21.4 Å². The van der Waals surface area contributed by atoms with E-state index in [2.05, 4.69) is 193 Å². The molecule has 54 heavy (non-hydrogen) atoms. The lowest BCUT2D eigenvalue weighted by Gasteiger charge is -2.42. The molecule has 6 aromatic carbocycles. The topological polar surface area (TPSA) is 8.17 Å². The molecule has 2 nitrogen and oxygen atoms in total. The first-order chi connectivity index (χ1) is 25.7. The second kappa shape index (κ2) is 11.2. The Balaban J connectivity index is 1.39. The minimum absolute atomic E-state index is 0.00948. The zero-order valence-corrected chi connectivity index (χ0v) is 33.7.